The predicted octanol–water partition coefficient (Wildman–Crippen LogP) is 2.92. The SMILES string of the molecule is CCOC(=O)[C@@]1(CCSC)N[C@@H](c2ccco2)[C@H]2C(=O)N(c3ccccc3F)C(=O)[C@H]21. The smallest absolute Gasteiger partial charge is 0.327 e. The molecule has 2 fully saturated rings. The molecule has 0 bridgehead atoms. The predicted molar refractivity (Wildman–Crippen MR) is 113 cm³/mol. The Balaban J connectivity index is 1.85. The molecular formula is C22H23FN2O5S. The number of fused-ring (bicyclic) bond motifs is 1. The third kappa shape index (κ3) is 3.36. The number of amides is 2. The number of para-hydroxylation sites is 1. The molecule has 4 atom stereocenters. The standard InChI is InChI=1S/C22H23FN2O5S/c1-3-29-21(28)22(10-12-31-2)17-16(18(24-22)15-9-6-11-30-15)19(26)25(20(17)27)14-8-5-4-7-13(14)23/h4-9,11,16-18,24H,3,10,12H2,1-2H3/t16-,17-,18-,22-/m0/s1. The van der Waals surface area contributed by atoms with Gasteiger partial charge in [-0.1, -0.05) is 12.1 Å². The zero-order valence-corrected chi connectivity index (χ0v) is 18.0. The van der Waals surface area contributed by atoms with Crippen LogP contribution in [-0.4, -0.2) is 41.9 Å². The first-order valence-electron chi connectivity index (χ1n) is 10.1. The minimum atomic E-state index is -1.42. The highest BCUT2D eigenvalue weighted by atomic mass is 32.2. The third-order valence-electron chi connectivity index (χ3n) is 5.94. The van der Waals surface area contributed by atoms with E-state index in [-0.39, 0.29) is 18.7 Å². The van der Waals surface area contributed by atoms with Crippen molar-refractivity contribution >= 4 is 35.2 Å². The van der Waals surface area contributed by atoms with Crippen molar-refractivity contribution in [1.82, 2.24) is 5.32 Å². The van der Waals surface area contributed by atoms with Crippen LogP contribution < -0.4 is 10.2 Å². The number of imide groups is 1. The van der Waals surface area contributed by atoms with E-state index in [2.05, 4.69) is 5.32 Å². The number of halogens is 1. The summed E-state index contributed by atoms with van der Waals surface area (Å²) in [6.45, 7) is 1.81. The molecule has 0 radical (unpaired) electrons. The maximum absolute atomic E-state index is 14.5. The van der Waals surface area contributed by atoms with Crippen LogP contribution in [0.4, 0.5) is 10.1 Å². The van der Waals surface area contributed by atoms with Crippen LogP contribution in [-0.2, 0) is 19.1 Å². The zero-order valence-electron chi connectivity index (χ0n) is 17.2. The average Bonchev–Trinajstić information content (AvgIpc) is 3.45. The Labute approximate surface area is 183 Å². The lowest BCUT2D eigenvalue weighted by molar-refractivity contribution is -0.154. The fraction of sp³-hybridized carbons (Fsp3) is 0.409. The van der Waals surface area contributed by atoms with Gasteiger partial charge in [-0.3, -0.25) is 19.7 Å². The summed E-state index contributed by atoms with van der Waals surface area (Å²) in [5.41, 5.74) is -1.54. The molecule has 164 valence electrons. The summed E-state index contributed by atoms with van der Waals surface area (Å²) in [6, 6.07) is 8.26. The molecule has 31 heavy (non-hydrogen) atoms. The van der Waals surface area contributed by atoms with Gasteiger partial charge in [0, 0.05) is 0 Å². The van der Waals surface area contributed by atoms with Crippen molar-refractivity contribution < 1.29 is 27.9 Å². The fourth-order valence-corrected chi connectivity index (χ4v) is 5.15. The van der Waals surface area contributed by atoms with Crippen LogP contribution in [0.15, 0.2) is 47.1 Å². The fourth-order valence-electron chi connectivity index (χ4n) is 4.63. The molecule has 2 amide bonds. The highest BCUT2D eigenvalue weighted by Gasteiger charge is 2.69. The summed E-state index contributed by atoms with van der Waals surface area (Å²) in [5, 5.41) is 3.23. The van der Waals surface area contributed by atoms with Crippen molar-refractivity contribution in [2.75, 3.05) is 23.5 Å². The highest BCUT2D eigenvalue weighted by molar-refractivity contribution is 7.98. The summed E-state index contributed by atoms with van der Waals surface area (Å²) in [4.78, 5) is 41.2. The van der Waals surface area contributed by atoms with E-state index >= 15 is 0 Å². The van der Waals surface area contributed by atoms with E-state index in [1.54, 1.807) is 25.1 Å². The molecule has 0 spiro atoms. The first-order chi connectivity index (χ1) is 15.0. The van der Waals surface area contributed by atoms with E-state index in [1.165, 1.54) is 36.2 Å². The summed E-state index contributed by atoms with van der Waals surface area (Å²) in [6.07, 6.45) is 3.63. The molecule has 2 aliphatic heterocycles. The Bertz CT molecular complexity index is 998. The minimum Gasteiger partial charge on any atom is -0.468 e. The normalized spacial score (nSPS) is 27.6. The number of nitrogens with zero attached hydrogens (tertiary/aromatic N) is 1. The Kier molecular flexibility index (Phi) is 5.90. The number of thioether (sulfide) groups is 1. The molecule has 1 N–H and O–H groups in total. The minimum absolute atomic E-state index is 0.118. The number of ether oxygens (including phenoxy) is 1. The first-order valence-corrected chi connectivity index (χ1v) is 11.4. The lowest BCUT2D eigenvalue weighted by atomic mass is 9.78. The van der Waals surface area contributed by atoms with Gasteiger partial charge in [0.2, 0.25) is 11.8 Å². The number of hydrogen-bond acceptors (Lipinski definition) is 7. The zero-order chi connectivity index (χ0) is 22.2. The molecule has 1 aromatic carbocycles. The van der Waals surface area contributed by atoms with Gasteiger partial charge in [0.25, 0.3) is 0 Å². The summed E-state index contributed by atoms with van der Waals surface area (Å²) >= 11 is 1.52. The second kappa shape index (κ2) is 8.47. The van der Waals surface area contributed by atoms with Crippen molar-refractivity contribution in [2.24, 2.45) is 11.8 Å². The number of nitrogens with one attached hydrogen (secondary N) is 1. The van der Waals surface area contributed by atoms with Gasteiger partial charge < -0.3 is 9.15 Å². The second-order valence-corrected chi connectivity index (χ2v) is 8.52. The monoisotopic (exact) mass is 446 g/mol. The largest absolute Gasteiger partial charge is 0.468 e. The van der Waals surface area contributed by atoms with Gasteiger partial charge in [-0.2, -0.15) is 11.8 Å². The van der Waals surface area contributed by atoms with Gasteiger partial charge >= 0.3 is 5.97 Å². The van der Waals surface area contributed by atoms with Gasteiger partial charge in [0.15, 0.2) is 0 Å². The van der Waals surface area contributed by atoms with Crippen molar-refractivity contribution in [3.8, 4) is 0 Å². The summed E-state index contributed by atoms with van der Waals surface area (Å²) in [5.74, 6) is -3.43. The van der Waals surface area contributed by atoms with Crippen LogP contribution in [0.2, 0.25) is 0 Å². The van der Waals surface area contributed by atoms with E-state index in [4.69, 9.17) is 9.15 Å². The molecular weight excluding hydrogens is 423 g/mol. The Morgan fingerprint density at radius 1 is 1.26 bits per heavy atom. The van der Waals surface area contributed by atoms with Gasteiger partial charge in [-0.25, -0.2) is 9.29 Å². The molecule has 0 unspecified atom stereocenters. The molecule has 0 saturated carbocycles. The van der Waals surface area contributed by atoms with Crippen LogP contribution in [0.25, 0.3) is 0 Å². The molecule has 0 aliphatic carbocycles. The molecule has 2 aromatic rings. The van der Waals surface area contributed by atoms with Crippen molar-refractivity contribution in [2.45, 2.75) is 24.9 Å². The molecule has 9 heteroatoms. The Morgan fingerprint density at radius 2 is 2.03 bits per heavy atom. The lowest BCUT2D eigenvalue weighted by Crippen LogP contribution is -2.57. The van der Waals surface area contributed by atoms with Gasteiger partial charge in [0.05, 0.1) is 36.4 Å². The first kappa shape index (κ1) is 21.6. The Hall–Kier alpha value is -2.65. The molecule has 3 heterocycles. The lowest BCUT2D eigenvalue weighted by Gasteiger charge is -2.32. The number of benzene rings is 1. The highest BCUT2D eigenvalue weighted by Crippen LogP contribution is 2.51. The number of esters is 1. The molecule has 2 aliphatic rings. The van der Waals surface area contributed by atoms with Gasteiger partial charge in [0.1, 0.15) is 17.1 Å². The molecule has 7 nitrogen and oxygen atoms in total. The average molecular weight is 447 g/mol. The Morgan fingerprint density at radius 3 is 2.68 bits per heavy atom. The topological polar surface area (TPSA) is 88.8 Å². The van der Waals surface area contributed by atoms with E-state index in [1.807, 2.05) is 6.26 Å². The van der Waals surface area contributed by atoms with E-state index in [9.17, 15) is 18.8 Å². The summed E-state index contributed by atoms with van der Waals surface area (Å²) in [7, 11) is 0. The summed E-state index contributed by atoms with van der Waals surface area (Å²) < 4.78 is 25.4. The number of hydrogen-bond donors (Lipinski definition) is 1. The number of carbonyl (C=O) groups is 3. The van der Waals surface area contributed by atoms with Crippen molar-refractivity contribution in [1.29, 1.82) is 0 Å². The van der Waals surface area contributed by atoms with E-state index in [0.717, 1.165) is 4.90 Å². The van der Waals surface area contributed by atoms with Crippen molar-refractivity contribution in [3.63, 3.8) is 0 Å². The third-order valence-corrected chi connectivity index (χ3v) is 6.55. The van der Waals surface area contributed by atoms with Crippen molar-refractivity contribution in [3.05, 3.63) is 54.2 Å². The molecule has 2 saturated heterocycles. The number of anilines is 1. The molecule has 4 rings (SSSR count). The number of furan rings is 1. The number of rotatable bonds is 7. The number of carbonyl (C=O) groups excluding carboxylic acids is 3. The maximum Gasteiger partial charge on any atom is 0.327 e. The van der Waals surface area contributed by atoms with Crippen LogP contribution in [0.5, 0.6) is 0 Å². The van der Waals surface area contributed by atoms with E-state index < -0.39 is 47.0 Å². The van der Waals surface area contributed by atoms with Gasteiger partial charge in [-0.05, 0) is 49.6 Å². The van der Waals surface area contributed by atoms with E-state index in [0.29, 0.717) is 11.5 Å². The van der Waals surface area contributed by atoms with Crippen LogP contribution >= 0.6 is 11.8 Å². The second-order valence-electron chi connectivity index (χ2n) is 7.54. The van der Waals surface area contributed by atoms with Crippen LogP contribution in [0.3, 0.4) is 0 Å². The molecule has 1 aromatic heterocycles. The van der Waals surface area contributed by atoms with Crippen LogP contribution in [0.1, 0.15) is 25.1 Å². The quantitative estimate of drug-likeness (QED) is 0.517. The van der Waals surface area contributed by atoms with Gasteiger partial charge in [-0.15, -0.1) is 0 Å². The maximum atomic E-state index is 14.5. The van der Waals surface area contributed by atoms with Crippen LogP contribution in [0, 0.1) is 17.7 Å².